The first kappa shape index (κ1) is 19.2. The molecule has 27 heavy (non-hydrogen) atoms. The number of thiazole rings is 1. The van der Waals surface area contributed by atoms with Gasteiger partial charge in [-0.25, -0.2) is 4.98 Å². The molecule has 0 saturated carbocycles. The highest BCUT2D eigenvalue weighted by atomic mass is 79.9. The minimum Gasteiger partial charge on any atom is -0.496 e. The molecule has 0 aliphatic heterocycles. The number of halogens is 1. The second kappa shape index (κ2) is 8.41. The second-order valence-corrected chi connectivity index (χ2v) is 7.04. The van der Waals surface area contributed by atoms with Crippen molar-refractivity contribution in [1.29, 1.82) is 0 Å². The third-order valence-electron chi connectivity index (χ3n) is 3.82. The molecule has 1 aromatic heterocycles. The van der Waals surface area contributed by atoms with Gasteiger partial charge in [-0.05, 0) is 40.2 Å². The van der Waals surface area contributed by atoms with Gasteiger partial charge in [0.1, 0.15) is 21.7 Å². The number of carbonyl (C=O) groups excluding carboxylic acids is 1. The van der Waals surface area contributed by atoms with Crippen LogP contribution in [0.1, 0.15) is 10.4 Å². The first-order chi connectivity index (χ1) is 13.1. The van der Waals surface area contributed by atoms with Gasteiger partial charge in [-0.2, -0.15) is 0 Å². The molecule has 140 valence electrons. The molecule has 0 aliphatic carbocycles. The van der Waals surface area contributed by atoms with E-state index in [9.17, 15) is 4.79 Å². The van der Waals surface area contributed by atoms with Crippen molar-refractivity contribution in [3.63, 3.8) is 0 Å². The molecular formula is C19H17BrN2O4S. The number of anilines is 1. The summed E-state index contributed by atoms with van der Waals surface area (Å²) in [5.41, 5.74) is 2.00. The number of nitrogens with zero attached hydrogens (tertiary/aromatic N) is 1. The Morgan fingerprint density at radius 3 is 2.30 bits per heavy atom. The van der Waals surface area contributed by atoms with Gasteiger partial charge in [0.05, 0.1) is 27.0 Å². The third kappa shape index (κ3) is 4.06. The lowest BCUT2D eigenvalue weighted by molar-refractivity contribution is 0.102. The number of para-hydroxylation sites is 1. The number of hydrogen-bond acceptors (Lipinski definition) is 6. The van der Waals surface area contributed by atoms with Gasteiger partial charge in [0.2, 0.25) is 0 Å². The average Bonchev–Trinajstić information content (AvgIpc) is 3.16. The summed E-state index contributed by atoms with van der Waals surface area (Å²) in [6.45, 7) is 0. The smallest absolute Gasteiger partial charge is 0.257 e. The summed E-state index contributed by atoms with van der Waals surface area (Å²) < 4.78 is 16.6. The van der Waals surface area contributed by atoms with Gasteiger partial charge in [-0.15, -0.1) is 11.3 Å². The highest BCUT2D eigenvalue weighted by molar-refractivity contribution is 9.10. The molecule has 1 N–H and O–H groups in total. The molecule has 0 atom stereocenters. The Labute approximate surface area is 169 Å². The van der Waals surface area contributed by atoms with E-state index in [1.807, 2.05) is 29.6 Å². The first-order valence-corrected chi connectivity index (χ1v) is 9.56. The zero-order valence-corrected chi connectivity index (χ0v) is 17.3. The van der Waals surface area contributed by atoms with Crippen LogP contribution in [0.5, 0.6) is 17.2 Å². The van der Waals surface area contributed by atoms with Gasteiger partial charge in [0, 0.05) is 16.5 Å². The van der Waals surface area contributed by atoms with E-state index in [2.05, 4.69) is 26.2 Å². The number of benzene rings is 2. The fourth-order valence-electron chi connectivity index (χ4n) is 2.48. The zero-order valence-electron chi connectivity index (χ0n) is 14.9. The van der Waals surface area contributed by atoms with Crippen molar-refractivity contribution in [3.05, 3.63) is 51.8 Å². The van der Waals surface area contributed by atoms with E-state index in [1.165, 1.54) is 25.6 Å². The molecule has 3 rings (SSSR count). The third-order valence-corrected chi connectivity index (χ3v) is 5.35. The van der Waals surface area contributed by atoms with E-state index >= 15 is 0 Å². The monoisotopic (exact) mass is 448 g/mol. The summed E-state index contributed by atoms with van der Waals surface area (Å²) in [5, 5.41) is 5.17. The van der Waals surface area contributed by atoms with Crippen LogP contribution >= 0.6 is 27.3 Å². The van der Waals surface area contributed by atoms with Crippen molar-refractivity contribution in [3.8, 4) is 28.5 Å². The molecule has 0 radical (unpaired) electrons. The Morgan fingerprint density at radius 2 is 1.67 bits per heavy atom. The number of nitrogens with one attached hydrogen (secondary N) is 1. The van der Waals surface area contributed by atoms with Gasteiger partial charge in [0.25, 0.3) is 5.91 Å². The Morgan fingerprint density at radius 1 is 1.04 bits per heavy atom. The number of rotatable bonds is 6. The Hall–Kier alpha value is -2.58. The highest BCUT2D eigenvalue weighted by Gasteiger charge is 2.16. The number of carbonyl (C=O) groups is 1. The van der Waals surface area contributed by atoms with Gasteiger partial charge >= 0.3 is 0 Å². The van der Waals surface area contributed by atoms with Crippen LogP contribution in [0.2, 0.25) is 0 Å². The maximum Gasteiger partial charge on any atom is 0.257 e. The molecule has 0 saturated heterocycles. The van der Waals surface area contributed by atoms with Crippen molar-refractivity contribution in [2.75, 3.05) is 26.6 Å². The molecule has 2 aromatic carbocycles. The molecule has 8 heteroatoms. The van der Waals surface area contributed by atoms with Crippen molar-refractivity contribution in [1.82, 2.24) is 4.98 Å². The van der Waals surface area contributed by atoms with E-state index in [0.717, 1.165) is 17.0 Å². The summed E-state index contributed by atoms with van der Waals surface area (Å²) in [7, 11) is 4.67. The molecule has 3 aromatic rings. The lowest BCUT2D eigenvalue weighted by Crippen LogP contribution is -2.12. The van der Waals surface area contributed by atoms with Crippen molar-refractivity contribution in [2.24, 2.45) is 0 Å². The van der Waals surface area contributed by atoms with Crippen LogP contribution in [-0.4, -0.2) is 32.2 Å². The molecule has 1 amide bonds. The number of hydrogen-bond donors (Lipinski definition) is 1. The fourth-order valence-corrected chi connectivity index (χ4v) is 3.74. The SMILES string of the molecule is COc1ccccc1-c1csc(NC(=O)c2cc(OC)c(Br)c(OC)c2)n1. The van der Waals surface area contributed by atoms with Crippen molar-refractivity contribution < 1.29 is 19.0 Å². The van der Waals surface area contributed by atoms with Crippen LogP contribution in [0.4, 0.5) is 5.13 Å². The topological polar surface area (TPSA) is 69.7 Å². The van der Waals surface area contributed by atoms with E-state index in [0.29, 0.717) is 26.7 Å². The predicted octanol–water partition coefficient (Wildman–Crippen LogP) is 4.85. The lowest BCUT2D eigenvalue weighted by Gasteiger charge is -2.11. The van der Waals surface area contributed by atoms with Crippen LogP contribution in [0.25, 0.3) is 11.3 Å². The molecule has 0 fully saturated rings. The number of methoxy groups -OCH3 is 3. The summed E-state index contributed by atoms with van der Waals surface area (Å²) in [4.78, 5) is 17.1. The van der Waals surface area contributed by atoms with Crippen LogP contribution in [0, 0.1) is 0 Å². The standard InChI is InChI=1S/C19H17BrN2O4S/c1-24-14-7-5-4-6-12(14)13-10-27-19(21-13)22-18(23)11-8-15(25-2)17(20)16(9-11)26-3/h4-10H,1-3H3,(H,21,22,23). The lowest BCUT2D eigenvalue weighted by atomic mass is 10.1. The van der Waals surface area contributed by atoms with Gasteiger partial charge < -0.3 is 14.2 Å². The second-order valence-electron chi connectivity index (χ2n) is 5.39. The zero-order chi connectivity index (χ0) is 19.4. The summed E-state index contributed by atoms with van der Waals surface area (Å²) in [5.74, 6) is 1.43. The normalized spacial score (nSPS) is 10.4. The Kier molecular flexibility index (Phi) is 5.98. The first-order valence-electron chi connectivity index (χ1n) is 7.89. The van der Waals surface area contributed by atoms with Crippen LogP contribution in [-0.2, 0) is 0 Å². The van der Waals surface area contributed by atoms with Crippen molar-refractivity contribution in [2.45, 2.75) is 0 Å². The Balaban J connectivity index is 1.85. The highest BCUT2D eigenvalue weighted by Crippen LogP contribution is 2.36. The molecular weight excluding hydrogens is 432 g/mol. The predicted molar refractivity (Wildman–Crippen MR) is 109 cm³/mol. The number of amides is 1. The Bertz CT molecular complexity index is 949. The summed E-state index contributed by atoms with van der Waals surface area (Å²) in [6.07, 6.45) is 0. The van der Waals surface area contributed by atoms with Gasteiger partial charge in [-0.3, -0.25) is 10.1 Å². The quantitative estimate of drug-likeness (QED) is 0.583. The maximum atomic E-state index is 12.6. The average molecular weight is 449 g/mol. The van der Waals surface area contributed by atoms with E-state index in [4.69, 9.17) is 14.2 Å². The van der Waals surface area contributed by atoms with Crippen LogP contribution in [0.3, 0.4) is 0 Å². The van der Waals surface area contributed by atoms with Gasteiger partial charge in [0.15, 0.2) is 5.13 Å². The van der Waals surface area contributed by atoms with E-state index in [-0.39, 0.29) is 5.91 Å². The minimum atomic E-state index is -0.306. The summed E-state index contributed by atoms with van der Waals surface area (Å²) in [6, 6.07) is 10.9. The molecule has 0 unspecified atom stereocenters. The molecule has 1 heterocycles. The summed E-state index contributed by atoms with van der Waals surface area (Å²) >= 11 is 4.73. The molecule has 6 nitrogen and oxygen atoms in total. The maximum absolute atomic E-state index is 12.6. The van der Waals surface area contributed by atoms with Gasteiger partial charge in [-0.1, -0.05) is 12.1 Å². The largest absolute Gasteiger partial charge is 0.496 e. The minimum absolute atomic E-state index is 0.306. The number of aromatic nitrogens is 1. The molecule has 0 spiro atoms. The van der Waals surface area contributed by atoms with Crippen molar-refractivity contribution >= 4 is 38.3 Å². The van der Waals surface area contributed by atoms with E-state index in [1.54, 1.807) is 19.2 Å². The molecule has 0 bridgehead atoms. The molecule has 0 aliphatic rings. The number of ether oxygens (including phenoxy) is 3. The van der Waals surface area contributed by atoms with E-state index < -0.39 is 0 Å². The fraction of sp³-hybridized carbons (Fsp3) is 0.158. The van der Waals surface area contributed by atoms with Crippen LogP contribution < -0.4 is 19.5 Å². The van der Waals surface area contributed by atoms with Crippen LogP contribution in [0.15, 0.2) is 46.3 Å².